The number of carboxylic acids is 1. The van der Waals surface area contributed by atoms with Crippen molar-refractivity contribution in [1.82, 2.24) is 0 Å². The molecule has 2 N–H and O–H groups in total. The summed E-state index contributed by atoms with van der Waals surface area (Å²) in [6.07, 6.45) is -0.119. The molecule has 2 aromatic rings. The minimum atomic E-state index is -1.42. The molecule has 0 saturated heterocycles. The fraction of sp³-hybridized carbons (Fsp3) is 0.0769. The Morgan fingerprint density at radius 1 is 1.00 bits per heavy atom. The Balaban J connectivity index is 2.35. The van der Waals surface area contributed by atoms with E-state index in [1.807, 2.05) is 0 Å². The summed E-state index contributed by atoms with van der Waals surface area (Å²) in [7, 11) is 0. The van der Waals surface area contributed by atoms with Crippen molar-refractivity contribution in [1.29, 1.82) is 0 Å². The maximum absolute atomic E-state index is 11.1. The van der Waals surface area contributed by atoms with Crippen LogP contribution in [0.1, 0.15) is 5.56 Å². The van der Waals surface area contributed by atoms with E-state index in [2.05, 4.69) is 0 Å². The molecular formula is C13H10O4. The first-order valence-electron chi connectivity index (χ1n) is 5.04. The van der Waals surface area contributed by atoms with Crippen molar-refractivity contribution in [3.8, 4) is 5.75 Å². The van der Waals surface area contributed by atoms with Crippen LogP contribution in [0.15, 0.2) is 36.4 Å². The predicted molar refractivity (Wildman–Crippen MR) is 62.0 cm³/mol. The van der Waals surface area contributed by atoms with Crippen molar-refractivity contribution in [3.63, 3.8) is 0 Å². The Hall–Kier alpha value is -2.36. The number of benzene rings is 2. The van der Waals surface area contributed by atoms with E-state index in [-0.39, 0.29) is 12.2 Å². The van der Waals surface area contributed by atoms with Crippen LogP contribution in [0.4, 0.5) is 0 Å². The molecule has 86 valence electrons. The van der Waals surface area contributed by atoms with Crippen LogP contribution in [0.3, 0.4) is 0 Å². The summed E-state index contributed by atoms with van der Waals surface area (Å²) in [5.41, 5.74) is 0.649. The van der Waals surface area contributed by atoms with Crippen molar-refractivity contribution in [2.45, 2.75) is 6.42 Å². The smallest absolute Gasteiger partial charge is 0.372 e. The van der Waals surface area contributed by atoms with Gasteiger partial charge in [-0.2, -0.15) is 0 Å². The van der Waals surface area contributed by atoms with Gasteiger partial charge in [-0.1, -0.05) is 24.3 Å². The van der Waals surface area contributed by atoms with Gasteiger partial charge < -0.3 is 10.2 Å². The summed E-state index contributed by atoms with van der Waals surface area (Å²) in [4.78, 5) is 21.5. The van der Waals surface area contributed by atoms with E-state index < -0.39 is 11.8 Å². The van der Waals surface area contributed by atoms with Gasteiger partial charge in [-0.3, -0.25) is 4.79 Å². The van der Waals surface area contributed by atoms with E-state index in [4.69, 9.17) is 5.11 Å². The van der Waals surface area contributed by atoms with Crippen molar-refractivity contribution in [3.05, 3.63) is 42.0 Å². The number of carbonyl (C=O) groups is 2. The van der Waals surface area contributed by atoms with Crippen molar-refractivity contribution >= 4 is 22.5 Å². The second-order valence-corrected chi connectivity index (χ2v) is 3.77. The molecule has 0 radical (unpaired) electrons. The normalized spacial score (nSPS) is 10.4. The zero-order valence-corrected chi connectivity index (χ0v) is 8.88. The Morgan fingerprint density at radius 2 is 1.65 bits per heavy atom. The lowest BCUT2D eigenvalue weighted by molar-refractivity contribution is -0.148. The number of aliphatic carboxylic acids is 1. The number of aromatic hydroxyl groups is 1. The van der Waals surface area contributed by atoms with E-state index in [9.17, 15) is 14.7 Å². The molecule has 0 aromatic heterocycles. The van der Waals surface area contributed by atoms with Crippen molar-refractivity contribution < 1.29 is 19.8 Å². The van der Waals surface area contributed by atoms with Crippen LogP contribution in [0.5, 0.6) is 5.75 Å². The molecule has 17 heavy (non-hydrogen) atoms. The number of phenols is 1. The van der Waals surface area contributed by atoms with Gasteiger partial charge >= 0.3 is 5.97 Å². The van der Waals surface area contributed by atoms with E-state index in [1.165, 1.54) is 0 Å². The fourth-order valence-corrected chi connectivity index (χ4v) is 1.65. The molecule has 0 heterocycles. The largest absolute Gasteiger partial charge is 0.508 e. The number of hydrogen-bond acceptors (Lipinski definition) is 3. The Labute approximate surface area is 97.1 Å². The van der Waals surface area contributed by atoms with Gasteiger partial charge in [-0.15, -0.1) is 0 Å². The first-order valence-corrected chi connectivity index (χ1v) is 5.04. The van der Waals surface area contributed by atoms with Crippen LogP contribution in [0.25, 0.3) is 10.8 Å². The SMILES string of the molecule is O=C(O)C(=O)Cc1ccc2cc(O)ccc2c1. The number of carboxylic acid groups (broad SMARTS) is 1. The monoisotopic (exact) mass is 230 g/mol. The molecule has 0 aliphatic rings. The minimum absolute atomic E-state index is 0.119. The summed E-state index contributed by atoms with van der Waals surface area (Å²) in [6.45, 7) is 0. The van der Waals surface area contributed by atoms with Gasteiger partial charge in [0, 0.05) is 6.42 Å². The molecule has 0 bridgehead atoms. The van der Waals surface area contributed by atoms with Gasteiger partial charge in [0.05, 0.1) is 0 Å². The number of ketones is 1. The molecule has 0 unspecified atom stereocenters. The Bertz CT molecular complexity index is 601. The highest BCUT2D eigenvalue weighted by molar-refractivity contribution is 6.33. The van der Waals surface area contributed by atoms with Gasteiger partial charge in [0.25, 0.3) is 0 Å². The number of Topliss-reactive ketones (excluding diaryl/α,β-unsaturated/α-hetero) is 1. The number of rotatable bonds is 3. The Morgan fingerprint density at radius 3 is 2.35 bits per heavy atom. The molecule has 0 fully saturated rings. The lowest BCUT2D eigenvalue weighted by Crippen LogP contribution is -2.14. The first kappa shape index (κ1) is 11.1. The molecule has 0 aliphatic heterocycles. The minimum Gasteiger partial charge on any atom is -0.508 e. The third-order valence-corrected chi connectivity index (χ3v) is 2.49. The highest BCUT2D eigenvalue weighted by atomic mass is 16.4. The predicted octanol–water partition coefficient (Wildman–Crippen LogP) is 1.74. The van der Waals surface area contributed by atoms with Crippen molar-refractivity contribution in [2.75, 3.05) is 0 Å². The fourth-order valence-electron chi connectivity index (χ4n) is 1.65. The highest BCUT2D eigenvalue weighted by Crippen LogP contribution is 2.21. The quantitative estimate of drug-likeness (QED) is 0.787. The van der Waals surface area contributed by atoms with Crippen LogP contribution in [-0.2, 0) is 16.0 Å². The summed E-state index contributed by atoms with van der Waals surface area (Å²) in [5.74, 6) is -2.08. The maximum atomic E-state index is 11.1. The zero-order valence-electron chi connectivity index (χ0n) is 8.88. The summed E-state index contributed by atoms with van der Waals surface area (Å²) in [5, 5.41) is 19.5. The van der Waals surface area contributed by atoms with E-state index in [0.717, 1.165) is 10.8 Å². The van der Waals surface area contributed by atoms with Gasteiger partial charge in [-0.25, -0.2) is 4.79 Å². The first-order chi connectivity index (χ1) is 8.06. The van der Waals surface area contributed by atoms with E-state index in [1.54, 1.807) is 36.4 Å². The Kier molecular flexibility index (Phi) is 2.78. The van der Waals surface area contributed by atoms with E-state index in [0.29, 0.717) is 5.56 Å². The molecule has 0 spiro atoms. The van der Waals surface area contributed by atoms with Crippen LogP contribution < -0.4 is 0 Å². The molecule has 4 nitrogen and oxygen atoms in total. The molecule has 0 atom stereocenters. The van der Waals surface area contributed by atoms with E-state index >= 15 is 0 Å². The third kappa shape index (κ3) is 2.42. The average Bonchev–Trinajstić information content (AvgIpc) is 2.29. The standard InChI is InChI=1S/C13H10O4/c14-11-4-3-9-5-8(1-2-10(9)7-11)6-12(15)13(16)17/h1-5,7,14H,6H2,(H,16,17). The summed E-state index contributed by atoms with van der Waals surface area (Å²) in [6, 6.07) is 10.1. The van der Waals surface area contributed by atoms with Crippen LogP contribution >= 0.6 is 0 Å². The summed E-state index contributed by atoms with van der Waals surface area (Å²) < 4.78 is 0. The van der Waals surface area contributed by atoms with Crippen molar-refractivity contribution in [2.24, 2.45) is 0 Å². The number of phenolic OH excluding ortho intramolecular Hbond substituents is 1. The van der Waals surface area contributed by atoms with Gasteiger partial charge in [0.15, 0.2) is 0 Å². The van der Waals surface area contributed by atoms with Crippen LogP contribution in [0.2, 0.25) is 0 Å². The van der Waals surface area contributed by atoms with Crippen LogP contribution in [-0.4, -0.2) is 22.0 Å². The summed E-state index contributed by atoms with van der Waals surface area (Å²) >= 11 is 0. The molecular weight excluding hydrogens is 220 g/mol. The molecule has 0 amide bonds. The molecule has 4 heteroatoms. The highest BCUT2D eigenvalue weighted by Gasteiger charge is 2.12. The topological polar surface area (TPSA) is 74.6 Å². The van der Waals surface area contributed by atoms with Gasteiger partial charge in [0.1, 0.15) is 5.75 Å². The third-order valence-electron chi connectivity index (χ3n) is 2.49. The molecule has 0 saturated carbocycles. The zero-order chi connectivity index (χ0) is 12.4. The lowest BCUT2D eigenvalue weighted by Gasteiger charge is -2.02. The number of fused-ring (bicyclic) bond motifs is 1. The van der Waals surface area contributed by atoms with Gasteiger partial charge in [-0.05, 0) is 28.5 Å². The molecule has 2 rings (SSSR count). The number of hydrogen-bond donors (Lipinski definition) is 2. The average molecular weight is 230 g/mol. The second-order valence-electron chi connectivity index (χ2n) is 3.77. The van der Waals surface area contributed by atoms with Gasteiger partial charge in [0.2, 0.25) is 5.78 Å². The van der Waals surface area contributed by atoms with Crippen LogP contribution in [0, 0.1) is 0 Å². The lowest BCUT2D eigenvalue weighted by atomic mass is 10.0. The molecule has 0 aliphatic carbocycles. The number of carbonyl (C=O) groups excluding carboxylic acids is 1. The second kappa shape index (κ2) is 4.25. The maximum Gasteiger partial charge on any atom is 0.372 e. The molecule has 2 aromatic carbocycles.